The van der Waals surface area contributed by atoms with Gasteiger partial charge in [-0.25, -0.2) is 4.98 Å². The summed E-state index contributed by atoms with van der Waals surface area (Å²) < 4.78 is 7.80. The predicted molar refractivity (Wildman–Crippen MR) is 123 cm³/mol. The number of phenolic OH excluding ortho intramolecular Hbond substituents is 1. The third-order valence-corrected chi connectivity index (χ3v) is 7.25. The first-order valence-electron chi connectivity index (χ1n) is 10.4. The van der Waals surface area contributed by atoms with E-state index in [9.17, 15) is 9.90 Å². The van der Waals surface area contributed by atoms with Crippen molar-refractivity contribution >= 4 is 32.5 Å². The molecule has 0 saturated carbocycles. The molecule has 0 atom stereocenters. The van der Waals surface area contributed by atoms with Crippen LogP contribution in [0.3, 0.4) is 0 Å². The molecule has 4 aromatic rings. The fourth-order valence-electron chi connectivity index (χ4n) is 3.77. The Morgan fingerprint density at radius 1 is 1.17 bits per heavy atom. The maximum absolute atomic E-state index is 13.5. The van der Waals surface area contributed by atoms with Crippen LogP contribution >= 0.6 is 11.3 Å². The third kappa shape index (κ3) is 3.40. The maximum Gasteiger partial charge on any atom is 0.202 e. The summed E-state index contributed by atoms with van der Waals surface area (Å²) >= 11 is 1.48. The summed E-state index contributed by atoms with van der Waals surface area (Å²) in [6, 6.07) is 9.62. The number of para-hydroxylation sites is 1. The van der Waals surface area contributed by atoms with Crippen molar-refractivity contribution in [3.8, 4) is 16.3 Å². The number of thiazole rings is 1. The summed E-state index contributed by atoms with van der Waals surface area (Å²) in [4.78, 5) is 18.1. The fraction of sp³-hybridized carbons (Fsp3) is 0.333. The first-order valence-corrected chi connectivity index (χ1v) is 11.2. The first-order chi connectivity index (χ1) is 14.4. The van der Waals surface area contributed by atoms with E-state index in [1.165, 1.54) is 17.6 Å². The lowest BCUT2D eigenvalue weighted by molar-refractivity contribution is -0.919. The Labute approximate surface area is 179 Å². The van der Waals surface area contributed by atoms with Crippen LogP contribution in [0.1, 0.15) is 31.9 Å². The SMILES string of the molecule is CCc1cc2c(=O)c(-c3nc4ccccc4s3)coc2c(C[N+](C)(CC)CC)c1O. The summed E-state index contributed by atoms with van der Waals surface area (Å²) in [5.41, 5.74) is 3.19. The second-order valence-corrected chi connectivity index (χ2v) is 9.00. The number of phenols is 1. The van der Waals surface area contributed by atoms with Gasteiger partial charge in [0.15, 0.2) is 0 Å². The molecule has 0 unspecified atom stereocenters. The van der Waals surface area contributed by atoms with Crippen LogP contribution in [0.2, 0.25) is 0 Å². The van der Waals surface area contributed by atoms with Crippen LogP contribution in [0.15, 0.2) is 45.8 Å². The van der Waals surface area contributed by atoms with Gasteiger partial charge in [0.1, 0.15) is 29.1 Å². The summed E-state index contributed by atoms with van der Waals surface area (Å²) in [7, 11) is 2.15. The minimum atomic E-state index is -0.103. The lowest BCUT2D eigenvalue weighted by Gasteiger charge is -2.32. The molecular weight excluding hydrogens is 396 g/mol. The number of hydrogen-bond donors (Lipinski definition) is 1. The Kier molecular flexibility index (Phi) is 5.38. The highest BCUT2D eigenvalue weighted by Crippen LogP contribution is 2.35. The smallest absolute Gasteiger partial charge is 0.202 e. The van der Waals surface area contributed by atoms with E-state index >= 15 is 0 Å². The summed E-state index contributed by atoms with van der Waals surface area (Å²) in [5, 5.41) is 12.1. The van der Waals surface area contributed by atoms with Gasteiger partial charge in [0, 0.05) is 0 Å². The third-order valence-electron chi connectivity index (χ3n) is 6.18. The molecule has 0 radical (unpaired) electrons. The molecule has 2 heterocycles. The Balaban J connectivity index is 1.95. The van der Waals surface area contributed by atoms with Crippen molar-refractivity contribution in [2.75, 3.05) is 20.1 Å². The van der Waals surface area contributed by atoms with Gasteiger partial charge in [-0.05, 0) is 44.0 Å². The lowest BCUT2D eigenvalue weighted by atomic mass is 10.00. The Morgan fingerprint density at radius 2 is 1.90 bits per heavy atom. The molecule has 0 aliphatic carbocycles. The van der Waals surface area contributed by atoms with E-state index in [0.29, 0.717) is 40.1 Å². The lowest BCUT2D eigenvalue weighted by Crippen LogP contribution is -2.42. The van der Waals surface area contributed by atoms with Crippen LogP contribution in [-0.4, -0.2) is 34.7 Å². The summed E-state index contributed by atoms with van der Waals surface area (Å²) in [6.07, 6.45) is 2.14. The normalized spacial score (nSPS) is 12.1. The largest absolute Gasteiger partial charge is 0.507 e. The van der Waals surface area contributed by atoms with E-state index in [0.717, 1.165) is 33.4 Å². The van der Waals surface area contributed by atoms with Gasteiger partial charge in [-0.15, -0.1) is 11.3 Å². The number of aryl methyl sites for hydroxylation is 1. The zero-order valence-electron chi connectivity index (χ0n) is 17.9. The number of rotatable bonds is 6. The molecule has 0 aliphatic heterocycles. The van der Waals surface area contributed by atoms with Crippen molar-refractivity contribution in [1.82, 2.24) is 4.98 Å². The van der Waals surface area contributed by atoms with Gasteiger partial charge in [-0.3, -0.25) is 4.79 Å². The van der Waals surface area contributed by atoms with Crippen LogP contribution in [0.25, 0.3) is 31.8 Å². The molecule has 0 bridgehead atoms. The van der Waals surface area contributed by atoms with Gasteiger partial charge in [-0.2, -0.15) is 0 Å². The molecule has 30 heavy (non-hydrogen) atoms. The van der Waals surface area contributed by atoms with Crippen molar-refractivity contribution in [2.45, 2.75) is 33.7 Å². The number of benzene rings is 2. The molecule has 2 aromatic carbocycles. The number of hydrogen-bond acceptors (Lipinski definition) is 5. The average Bonchev–Trinajstić information content (AvgIpc) is 3.19. The van der Waals surface area contributed by atoms with Crippen molar-refractivity contribution in [3.05, 3.63) is 57.9 Å². The minimum absolute atomic E-state index is 0.103. The van der Waals surface area contributed by atoms with E-state index in [1.54, 1.807) is 6.07 Å². The second kappa shape index (κ2) is 7.85. The standard InChI is InChI=1S/C24H26N2O3S/c1-5-15-12-16-22(28)18(24-25-19-10-8-9-11-20(19)30-24)14-29-23(16)17(21(15)27)13-26(4,6-2)7-3/h8-12,14H,5-7,13H2,1-4H3/p+1. The van der Waals surface area contributed by atoms with Crippen molar-refractivity contribution in [3.63, 3.8) is 0 Å². The molecule has 0 fully saturated rings. The molecule has 0 spiro atoms. The molecule has 2 aromatic heterocycles. The van der Waals surface area contributed by atoms with Crippen molar-refractivity contribution in [2.24, 2.45) is 0 Å². The van der Waals surface area contributed by atoms with Gasteiger partial charge in [0.25, 0.3) is 0 Å². The topological polar surface area (TPSA) is 63.3 Å². The van der Waals surface area contributed by atoms with Crippen molar-refractivity contribution < 1.29 is 14.0 Å². The van der Waals surface area contributed by atoms with Gasteiger partial charge >= 0.3 is 0 Å². The predicted octanol–water partition coefficient (Wildman–Crippen LogP) is 5.32. The van der Waals surface area contributed by atoms with E-state index in [4.69, 9.17) is 4.42 Å². The molecule has 156 valence electrons. The maximum atomic E-state index is 13.5. The summed E-state index contributed by atoms with van der Waals surface area (Å²) in [5.74, 6) is 0.243. The molecule has 0 amide bonds. The fourth-order valence-corrected chi connectivity index (χ4v) is 4.74. The highest BCUT2D eigenvalue weighted by atomic mass is 32.1. The number of nitrogens with zero attached hydrogens (tertiary/aromatic N) is 2. The van der Waals surface area contributed by atoms with E-state index in [2.05, 4.69) is 25.9 Å². The molecule has 1 N–H and O–H groups in total. The number of aromatic nitrogens is 1. The zero-order chi connectivity index (χ0) is 21.5. The minimum Gasteiger partial charge on any atom is -0.507 e. The van der Waals surface area contributed by atoms with Gasteiger partial charge in [-0.1, -0.05) is 19.1 Å². The van der Waals surface area contributed by atoms with Crippen molar-refractivity contribution in [1.29, 1.82) is 0 Å². The Bertz CT molecular complexity index is 1250. The van der Waals surface area contributed by atoms with Gasteiger partial charge in [0.2, 0.25) is 5.43 Å². The zero-order valence-corrected chi connectivity index (χ0v) is 18.7. The van der Waals surface area contributed by atoms with Crippen LogP contribution in [0.5, 0.6) is 5.75 Å². The highest BCUT2D eigenvalue weighted by Gasteiger charge is 2.26. The van der Waals surface area contributed by atoms with Crippen LogP contribution in [0, 0.1) is 0 Å². The van der Waals surface area contributed by atoms with Crippen LogP contribution in [0.4, 0.5) is 0 Å². The first kappa shape index (κ1) is 20.6. The second-order valence-electron chi connectivity index (χ2n) is 7.97. The monoisotopic (exact) mass is 423 g/mol. The number of quaternary nitrogens is 1. The molecule has 6 heteroatoms. The molecule has 4 rings (SSSR count). The molecule has 0 aliphatic rings. The number of fused-ring (bicyclic) bond motifs is 2. The summed E-state index contributed by atoms with van der Waals surface area (Å²) in [6.45, 7) is 8.69. The molecule has 5 nitrogen and oxygen atoms in total. The Hall–Kier alpha value is -2.70. The Morgan fingerprint density at radius 3 is 2.57 bits per heavy atom. The van der Waals surface area contributed by atoms with E-state index in [-0.39, 0.29) is 11.2 Å². The highest BCUT2D eigenvalue weighted by molar-refractivity contribution is 7.21. The average molecular weight is 424 g/mol. The van der Waals surface area contributed by atoms with Gasteiger partial charge in [0.05, 0.1) is 46.9 Å². The number of aromatic hydroxyl groups is 1. The van der Waals surface area contributed by atoms with Gasteiger partial charge < -0.3 is 14.0 Å². The van der Waals surface area contributed by atoms with E-state index in [1.807, 2.05) is 31.2 Å². The quantitative estimate of drug-likeness (QED) is 0.426. The molecule has 0 saturated heterocycles. The molecular formula is C24H27N2O3S+. The van der Waals surface area contributed by atoms with E-state index < -0.39 is 0 Å². The van der Waals surface area contributed by atoms with Crippen LogP contribution in [-0.2, 0) is 13.0 Å². The van der Waals surface area contributed by atoms with Crippen LogP contribution < -0.4 is 5.43 Å².